The van der Waals surface area contributed by atoms with Gasteiger partial charge in [0, 0.05) is 0 Å². The summed E-state index contributed by atoms with van der Waals surface area (Å²) < 4.78 is 36.6. The van der Waals surface area contributed by atoms with Crippen molar-refractivity contribution in [3.63, 3.8) is 0 Å². The molecule has 0 rings (SSSR count). The fraction of sp³-hybridized carbons (Fsp3) is 0. The predicted molar refractivity (Wildman–Crippen MR) is 61.5 cm³/mol. The minimum Gasteiger partial charge on any atom is -0.876 e. The van der Waals surface area contributed by atoms with Crippen LogP contribution in [0.5, 0.6) is 0 Å². The molecular formula is C4F2Na8O10S5. The van der Waals surface area contributed by atoms with E-state index in [1.807, 2.05) is 0 Å². The van der Waals surface area contributed by atoms with Crippen molar-refractivity contribution in [2.45, 2.75) is 0 Å². The van der Waals surface area contributed by atoms with Gasteiger partial charge in [0.2, 0.25) is 0 Å². The maximum absolute atomic E-state index is 9.99. The van der Waals surface area contributed by atoms with Crippen molar-refractivity contribution in [2.24, 2.45) is 0 Å². The first-order valence-corrected chi connectivity index (χ1v) is 6.01. The van der Waals surface area contributed by atoms with Crippen LogP contribution in [0.15, 0.2) is 0 Å². The van der Waals surface area contributed by atoms with E-state index in [1.165, 1.54) is 0 Å². The first-order chi connectivity index (χ1) is 8.93. The van der Waals surface area contributed by atoms with Crippen LogP contribution in [0.1, 0.15) is 0 Å². The standard InChI is InChI=1S/4CH2O2S.F2O2S.8Na/c4*2-1(3)4;1-5(2,3)4;;;;;;;;/h4*(H2,2,3,4);;;;;;;;;/q;;;;;8*+1/p-8. The molecule has 0 unspecified atom stereocenters. The van der Waals surface area contributed by atoms with E-state index in [0.717, 1.165) is 0 Å². The second kappa shape index (κ2) is 64.5. The van der Waals surface area contributed by atoms with Crippen LogP contribution in [-0.2, 0) is 10.6 Å². The Morgan fingerprint density at radius 2 is 0.448 bits per heavy atom. The summed E-state index contributed by atoms with van der Waals surface area (Å²) in [5.41, 5.74) is 0. The van der Waals surface area contributed by atoms with Crippen LogP contribution in [-0.4, -0.2) is 29.4 Å². The van der Waals surface area contributed by atoms with Gasteiger partial charge < -0.3 is 40.9 Å². The molecule has 0 radical (unpaired) electrons. The zero-order valence-electron chi connectivity index (χ0n) is 16.9. The Morgan fingerprint density at radius 3 is 0.448 bits per heavy atom. The minimum absolute atomic E-state index is 0. The quantitative estimate of drug-likeness (QED) is 0.145. The number of halogens is 2. The smallest absolute Gasteiger partial charge is 0.876 e. The average molecular weight is 590 g/mol. The Labute approximate surface area is 365 Å². The van der Waals surface area contributed by atoms with Crippen LogP contribution in [0.3, 0.4) is 0 Å². The van der Waals surface area contributed by atoms with Gasteiger partial charge in [0.15, 0.2) is 0 Å². The molecule has 0 aliphatic heterocycles. The summed E-state index contributed by atoms with van der Waals surface area (Å²) in [4.78, 5) is 0. The molecule has 0 aliphatic rings. The van der Waals surface area contributed by atoms with E-state index in [2.05, 4.69) is 48.9 Å². The van der Waals surface area contributed by atoms with Gasteiger partial charge in [-0.25, -0.2) is 0 Å². The molecule has 25 heteroatoms. The Kier molecular flexibility index (Phi) is 186. The molecule has 128 valence electrons. The Hall–Kier alpha value is 6.57. The molecule has 0 bridgehead atoms. The largest absolute Gasteiger partial charge is 1.00 e. The molecule has 29 heavy (non-hydrogen) atoms. The van der Waals surface area contributed by atoms with Crippen LogP contribution in [0.4, 0.5) is 7.77 Å². The third-order valence-corrected chi connectivity index (χ3v) is 0. The Bertz CT molecular complexity index is 360. The predicted octanol–water partition coefficient (Wildman–Crippen LogP) is -31.8. The van der Waals surface area contributed by atoms with E-state index >= 15 is 0 Å². The fourth-order valence-corrected chi connectivity index (χ4v) is 0. The van der Waals surface area contributed by atoms with E-state index in [1.54, 1.807) is 0 Å². The molecule has 0 N–H and O–H groups in total. The second-order valence-electron chi connectivity index (χ2n) is 1.38. The third kappa shape index (κ3) is 850. The molecule has 0 aromatic carbocycles. The molecule has 0 aromatic heterocycles. The molecule has 10 nitrogen and oxygen atoms in total. The normalized spacial score (nSPS) is 5.31. The zero-order valence-corrected chi connectivity index (χ0v) is 37.0. The molecule has 0 aliphatic carbocycles. The van der Waals surface area contributed by atoms with Gasteiger partial charge in [-0.1, -0.05) is 7.77 Å². The second-order valence-corrected chi connectivity index (χ2v) is 3.47. The maximum Gasteiger partial charge on any atom is 1.00 e. The Balaban J connectivity index is -0.00000000941. The van der Waals surface area contributed by atoms with Gasteiger partial charge in [-0.15, -0.1) is 69.8 Å². The molecule has 0 saturated heterocycles. The van der Waals surface area contributed by atoms with Gasteiger partial charge >= 0.3 is 247 Å². The summed E-state index contributed by atoms with van der Waals surface area (Å²) in [5.74, 6) is 0. The van der Waals surface area contributed by atoms with Crippen LogP contribution in [0.2, 0.25) is 0 Å². The summed E-state index contributed by atoms with van der Waals surface area (Å²) in [6, 6.07) is 0. The van der Waals surface area contributed by atoms with Crippen molar-refractivity contribution in [1.82, 2.24) is 0 Å². The summed E-state index contributed by atoms with van der Waals surface area (Å²) >= 11 is 13.7. The van der Waals surface area contributed by atoms with Gasteiger partial charge in [-0.2, -0.15) is 8.42 Å². The molecule has 0 fully saturated rings. The van der Waals surface area contributed by atoms with Crippen molar-refractivity contribution in [3.8, 4) is 0 Å². The van der Waals surface area contributed by atoms with Crippen LogP contribution in [0.25, 0.3) is 0 Å². The van der Waals surface area contributed by atoms with E-state index < -0.39 is 31.6 Å². The number of rotatable bonds is 0. The van der Waals surface area contributed by atoms with E-state index in [-0.39, 0.29) is 236 Å². The van der Waals surface area contributed by atoms with Gasteiger partial charge in [-0.05, 0) is 0 Å². The first-order valence-electron chi connectivity index (χ1n) is 3.09. The first kappa shape index (κ1) is 83.4. The van der Waals surface area contributed by atoms with Crippen LogP contribution < -0.4 is 277 Å². The summed E-state index contributed by atoms with van der Waals surface area (Å²) in [6.07, 6.45) is 0. The number of hydrogen-bond donors (Lipinski definition) is 0. The Morgan fingerprint density at radius 1 is 0.448 bits per heavy atom. The summed E-state index contributed by atoms with van der Waals surface area (Å²) in [7, 11) is -5.67. The summed E-state index contributed by atoms with van der Waals surface area (Å²) in [6.45, 7) is 0. The van der Waals surface area contributed by atoms with Crippen molar-refractivity contribution in [3.05, 3.63) is 0 Å². The third-order valence-electron chi connectivity index (χ3n) is 0. The maximum atomic E-state index is 9.99. The monoisotopic (exact) mass is 590 g/mol. The molecule has 0 atom stereocenters. The van der Waals surface area contributed by atoms with Gasteiger partial charge in [0.05, 0.1) is 0 Å². The molecule has 0 spiro atoms. The van der Waals surface area contributed by atoms with Gasteiger partial charge in [0.1, 0.15) is 0 Å². The molecule has 0 aromatic rings. The minimum atomic E-state index is -5.67. The van der Waals surface area contributed by atoms with Crippen molar-refractivity contribution >= 4 is 80.4 Å². The van der Waals surface area contributed by atoms with Crippen molar-refractivity contribution in [2.75, 3.05) is 0 Å². The summed E-state index contributed by atoms with van der Waals surface area (Å²) in [5, 5.41) is 63.6. The number of thiocarbonyl (C=S) groups is 4. The zero-order chi connectivity index (χ0) is 18.8. The molecule has 0 heterocycles. The SMILES string of the molecule is O=S(=O)(F)F.[Na+].[Na+].[Na+].[Na+].[Na+].[Na+].[Na+].[Na+].[O-]C([O-])=S.[O-]C([O-])=S.[O-]C([O-])=S.[O-]C([O-])=S. The molecular weight excluding hydrogens is 590 g/mol. The van der Waals surface area contributed by atoms with Crippen LogP contribution >= 0.6 is 48.9 Å². The van der Waals surface area contributed by atoms with Crippen LogP contribution in [0, 0.1) is 0 Å². The van der Waals surface area contributed by atoms with Gasteiger partial charge in [0.25, 0.3) is 0 Å². The van der Waals surface area contributed by atoms with Crippen molar-refractivity contribution in [1.29, 1.82) is 0 Å². The average Bonchev–Trinajstić information content (AvgIpc) is 1.91. The topological polar surface area (TPSA) is 219 Å². The fourth-order valence-electron chi connectivity index (χ4n) is 0. The van der Waals surface area contributed by atoms with E-state index in [9.17, 15) is 7.77 Å². The van der Waals surface area contributed by atoms with Crippen molar-refractivity contribution < 1.29 is 293 Å². The van der Waals surface area contributed by atoms with Gasteiger partial charge in [-0.3, -0.25) is 0 Å². The van der Waals surface area contributed by atoms with E-state index in [0.29, 0.717) is 0 Å². The molecule has 0 amide bonds. The number of hydrogen-bond acceptors (Lipinski definition) is 14. The van der Waals surface area contributed by atoms with E-state index in [4.69, 9.17) is 49.3 Å². The molecule has 0 saturated carbocycles.